The summed E-state index contributed by atoms with van der Waals surface area (Å²) in [5, 5.41) is 9.38. The molecule has 1 heterocycles. The zero-order chi connectivity index (χ0) is 19.9. The number of thioether (sulfide) groups is 1. The molecule has 28 heavy (non-hydrogen) atoms. The molecule has 1 aromatic heterocycles. The molecule has 7 heteroatoms. The summed E-state index contributed by atoms with van der Waals surface area (Å²) in [4.78, 5) is 12.3. The monoisotopic (exact) mass is 397 g/mol. The van der Waals surface area contributed by atoms with Gasteiger partial charge in [0.1, 0.15) is 5.82 Å². The first-order valence-corrected chi connectivity index (χ1v) is 9.98. The smallest absolute Gasteiger partial charge is 0.191 e. The van der Waals surface area contributed by atoms with E-state index >= 15 is 0 Å². The molecule has 146 valence electrons. The number of hydrogen-bond acceptors (Lipinski definition) is 6. The summed E-state index contributed by atoms with van der Waals surface area (Å²) < 4.78 is 12.7. The van der Waals surface area contributed by atoms with Gasteiger partial charge in [-0.2, -0.15) is 0 Å². The summed E-state index contributed by atoms with van der Waals surface area (Å²) in [6.07, 6.45) is 0.619. The van der Waals surface area contributed by atoms with Crippen LogP contribution in [0, 0.1) is 0 Å². The molecule has 0 fully saturated rings. The number of rotatable bonds is 9. The molecular formula is C21H23N3O3S. The molecule has 3 rings (SSSR count). The van der Waals surface area contributed by atoms with Gasteiger partial charge in [0.2, 0.25) is 0 Å². The van der Waals surface area contributed by atoms with Gasteiger partial charge in [0.05, 0.1) is 20.0 Å². The Morgan fingerprint density at radius 2 is 1.79 bits per heavy atom. The Balaban J connectivity index is 1.72. The van der Waals surface area contributed by atoms with Gasteiger partial charge in [0, 0.05) is 18.5 Å². The zero-order valence-corrected chi connectivity index (χ0v) is 17.0. The van der Waals surface area contributed by atoms with Crippen molar-refractivity contribution in [2.45, 2.75) is 25.0 Å². The number of ether oxygens (including phenoxy) is 2. The molecule has 0 unspecified atom stereocenters. The van der Waals surface area contributed by atoms with Crippen LogP contribution in [0.15, 0.2) is 53.7 Å². The number of methoxy groups -OCH3 is 2. The van der Waals surface area contributed by atoms with Gasteiger partial charge < -0.3 is 14.0 Å². The summed E-state index contributed by atoms with van der Waals surface area (Å²) in [5.74, 6) is 2.64. The molecule has 0 atom stereocenters. The molecule has 0 bridgehead atoms. The second-order valence-corrected chi connectivity index (χ2v) is 7.03. The van der Waals surface area contributed by atoms with Crippen LogP contribution in [0.1, 0.15) is 28.7 Å². The minimum atomic E-state index is 0.0812. The Labute approximate surface area is 168 Å². The summed E-state index contributed by atoms with van der Waals surface area (Å²) in [6, 6.07) is 15.1. The van der Waals surface area contributed by atoms with Crippen molar-refractivity contribution >= 4 is 17.5 Å². The van der Waals surface area contributed by atoms with E-state index in [0.717, 1.165) is 23.1 Å². The molecule has 0 aliphatic heterocycles. The van der Waals surface area contributed by atoms with Gasteiger partial charge >= 0.3 is 0 Å². The third-order valence-corrected chi connectivity index (χ3v) is 5.31. The van der Waals surface area contributed by atoms with Crippen LogP contribution in [0.5, 0.6) is 11.5 Å². The van der Waals surface area contributed by atoms with Gasteiger partial charge in [0.15, 0.2) is 22.4 Å². The van der Waals surface area contributed by atoms with Crippen molar-refractivity contribution < 1.29 is 14.3 Å². The van der Waals surface area contributed by atoms with E-state index < -0.39 is 0 Å². The fraction of sp³-hybridized carbons (Fsp3) is 0.286. The molecule has 0 amide bonds. The van der Waals surface area contributed by atoms with Gasteiger partial charge in [-0.15, -0.1) is 10.2 Å². The van der Waals surface area contributed by atoms with Crippen molar-refractivity contribution in [2.75, 3.05) is 20.0 Å². The number of carbonyl (C=O) groups is 1. The molecular weight excluding hydrogens is 374 g/mol. The Morgan fingerprint density at radius 1 is 1.04 bits per heavy atom. The van der Waals surface area contributed by atoms with Crippen molar-refractivity contribution in [1.82, 2.24) is 14.8 Å². The van der Waals surface area contributed by atoms with Crippen molar-refractivity contribution in [3.05, 3.63) is 65.5 Å². The molecule has 3 aromatic rings. The summed E-state index contributed by atoms with van der Waals surface area (Å²) >= 11 is 1.41. The zero-order valence-electron chi connectivity index (χ0n) is 16.2. The Bertz CT molecular complexity index is 941. The second kappa shape index (κ2) is 9.41. The molecule has 0 spiro atoms. The highest BCUT2D eigenvalue weighted by atomic mass is 32.2. The number of benzene rings is 2. The van der Waals surface area contributed by atoms with Crippen molar-refractivity contribution in [3.8, 4) is 11.5 Å². The number of ketones is 1. The van der Waals surface area contributed by atoms with Crippen LogP contribution in [0.4, 0.5) is 0 Å². The average molecular weight is 398 g/mol. The first-order chi connectivity index (χ1) is 13.7. The predicted molar refractivity (Wildman–Crippen MR) is 110 cm³/mol. The standard InChI is InChI=1S/C21H23N3O3S/c1-4-24-20(13-15-10-11-18(26-2)19(12-15)27-3)22-23-21(24)28-14-17(25)16-8-6-5-7-9-16/h5-12H,4,13-14H2,1-3H3. The molecule has 0 saturated carbocycles. The van der Waals surface area contributed by atoms with Crippen LogP contribution >= 0.6 is 11.8 Å². The molecule has 0 aliphatic rings. The summed E-state index contributed by atoms with van der Waals surface area (Å²) in [7, 11) is 3.24. The van der Waals surface area contributed by atoms with E-state index in [1.165, 1.54) is 11.8 Å². The highest BCUT2D eigenvalue weighted by Crippen LogP contribution is 2.29. The second-order valence-electron chi connectivity index (χ2n) is 6.09. The lowest BCUT2D eigenvalue weighted by atomic mass is 10.1. The molecule has 0 N–H and O–H groups in total. The Hall–Kier alpha value is -2.80. The Morgan fingerprint density at radius 3 is 2.46 bits per heavy atom. The van der Waals surface area contributed by atoms with E-state index in [2.05, 4.69) is 10.2 Å². The maximum Gasteiger partial charge on any atom is 0.191 e. The van der Waals surface area contributed by atoms with Gasteiger partial charge in [-0.1, -0.05) is 48.2 Å². The summed E-state index contributed by atoms with van der Waals surface area (Å²) in [6.45, 7) is 2.78. The van der Waals surface area contributed by atoms with Gasteiger partial charge in [-0.3, -0.25) is 4.79 Å². The topological polar surface area (TPSA) is 66.2 Å². The lowest BCUT2D eigenvalue weighted by molar-refractivity contribution is 0.102. The van der Waals surface area contributed by atoms with Gasteiger partial charge in [-0.25, -0.2) is 0 Å². The Kier molecular flexibility index (Phi) is 6.71. The fourth-order valence-electron chi connectivity index (χ4n) is 2.88. The summed E-state index contributed by atoms with van der Waals surface area (Å²) in [5.41, 5.74) is 1.76. The van der Waals surface area contributed by atoms with E-state index in [4.69, 9.17) is 9.47 Å². The highest BCUT2D eigenvalue weighted by molar-refractivity contribution is 7.99. The van der Waals surface area contributed by atoms with E-state index in [9.17, 15) is 4.79 Å². The van der Waals surface area contributed by atoms with Crippen LogP contribution in [-0.4, -0.2) is 40.5 Å². The number of carbonyl (C=O) groups excluding carboxylic acids is 1. The molecule has 0 saturated heterocycles. The normalized spacial score (nSPS) is 10.7. The fourth-order valence-corrected chi connectivity index (χ4v) is 3.80. The van der Waals surface area contributed by atoms with Crippen LogP contribution in [0.3, 0.4) is 0 Å². The van der Waals surface area contributed by atoms with Crippen LogP contribution < -0.4 is 9.47 Å². The largest absolute Gasteiger partial charge is 0.493 e. The van der Waals surface area contributed by atoms with Gasteiger partial charge in [-0.05, 0) is 24.6 Å². The first kappa shape index (κ1) is 19.9. The van der Waals surface area contributed by atoms with Crippen molar-refractivity contribution in [1.29, 1.82) is 0 Å². The maximum atomic E-state index is 12.3. The lowest BCUT2D eigenvalue weighted by Gasteiger charge is -2.10. The molecule has 0 radical (unpaired) electrons. The quantitative estimate of drug-likeness (QED) is 0.403. The molecule has 6 nitrogen and oxygen atoms in total. The van der Waals surface area contributed by atoms with E-state index in [1.807, 2.05) is 60.0 Å². The molecule has 2 aromatic carbocycles. The minimum Gasteiger partial charge on any atom is -0.493 e. The van der Waals surface area contributed by atoms with Crippen molar-refractivity contribution in [3.63, 3.8) is 0 Å². The van der Waals surface area contributed by atoms with E-state index in [0.29, 0.717) is 29.2 Å². The van der Waals surface area contributed by atoms with Crippen LogP contribution in [0.2, 0.25) is 0 Å². The van der Waals surface area contributed by atoms with Crippen LogP contribution in [0.25, 0.3) is 0 Å². The number of hydrogen-bond donors (Lipinski definition) is 0. The number of nitrogens with zero attached hydrogens (tertiary/aromatic N) is 3. The third kappa shape index (κ3) is 4.54. The van der Waals surface area contributed by atoms with Gasteiger partial charge in [0.25, 0.3) is 0 Å². The first-order valence-electron chi connectivity index (χ1n) is 9.00. The van der Waals surface area contributed by atoms with E-state index in [1.54, 1.807) is 14.2 Å². The van der Waals surface area contributed by atoms with E-state index in [-0.39, 0.29) is 5.78 Å². The maximum absolute atomic E-state index is 12.3. The third-order valence-electron chi connectivity index (χ3n) is 4.35. The number of aromatic nitrogens is 3. The molecule has 0 aliphatic carbocycles. The SMILES string of the molecule is CCn1c(Cc2ccc(OC)c(OC)c2)nnc1SCC(=O)c1ccccc1. The number of Topliss-reactive ketones (excluding diaryl/α,β-unsaturated/α-hetero) is 1. The predicted octanol–water partition coefficient (Wildman–Crippen LogP) is 3.88. The van der Waals surface area contributed by atoms with Crippen molar-refractivity contribution in [2.24, 2.45) is 0 Å². The van der Waals surface area contributed by atoms with Crippen LogP contribution in [-0.2, 0) is 13.0 Å². The average Bonchev–Trinajstić information content (AvgIpc) is 3.13. The lowest BCUT2D eigenvalue weighted by Crippen LogP contribution is -2.07. The minimum absolute atomic E-state index is 0.0812. The highest BCUT2D eigenvalue weighted by Gasteiger charge is 2.15.